The van der Waals surface area contributed by atoms with Gasteiger partial charge in [-0.1, -0.05) is 12.7 Å². The van der Waals surface area contributed by atoms with Gasteiger partial charge in [0.1, 0.15) is 12.1 Å². The van der Waals surface area contributed by atoms with Crippen molar-refractivity contribution in [2.24, 2.45) is 5.92 Å². The van der Waals surface area contributed by atoms with Crippen molar-refractivity contribution in [3.05, 3.63) is 24.7 Å². The number of nitrogens with zero attached hydrogens (tertiary/aromatic N) is 4. The molecule has 0 aliphatic heterocycles. The van der Waals surface area contributed by atoms with Gasteiger partial charge >= 0.3 is 0 Å². The summed E-state index contributed by atoms with van der Waals surface area (Å²) in [6.45, 7) is 3.78. The van der Waals surface area contributed by atoms with E-state index < -0.39 is 15.3 Å². The van der Waals surface area contributed by atoms with Crippen LogP contribution in [0.1, 0.15) is 37.7 Å². The van der Waals surface area contributed by atoms with E-state index in [1.54, 1.807) is 12.3 Å². The zero-order chi connectivity index (χ0) is 18.0. The van der Waals surface area contributed by atoms with Crippen LogP contribution in [0, 0.1) is 17.2 Å². The van der Waals surface area contributed by atoms with Gasteiger partial charge in [0.2, 0.25) is 10.0 Å². The van der Waals surface area contributed by atoms with E-state index in [-0.39, 0.29) is 18.0 Å². The van der Waals surface area contributed by atoms with Gasteiger partial charge in [-0.2, -0.15) is 5.26 Å². The molecule has 134 valence electrons. The van der Waals surface area contributed by atoms with Gasteiger partial charge in [0.15, 0.2) is 0 Å². The summed E-state index contributed by atoms with van der Waals surface area (Å²) in [4.78, 5) is 10.4. The van der Waals surface area contributed by atoms with Crippen molar-refractivity contribution in [2.45, 2.75) is 49.4 Å². The monoisotopic (exact) mass is 361 g/mol. The molecule has 0 spiro atoms. The zero-order valence-corrected chi connectivity index (χ0v) is 15.1. The lowest BCUT2D eigenvalue weighted by atomic mass is 9.86. The van der Waals surface area contributed by atoms with Gasteiger partial charge in [0.25, 0.3) is 0 Å². The second-order valence-corrected chi connectivity index (χ2v) is 8.86. The molecule has 2 aliphatic rings. The van der Waals surface area contributed by atoms with E-state index in [0.29, 0.717) is 19.3 Å². The minimum Gasteiger partial charge on any atom is -0.356 e. The van der Waals surface area contributed by atoms with Crippen LogP contribution in [0.4, 0.5) is 5.82 Å². The van der Waals surface area contributed by atoms with E-state index in [4.69, 9.17) is 5.26 Å². The Bertz CT molecular complexity index is 782. The van der Waals surface area contributed by atoms with Crippen LogP contribution < -0.4 is 9.62 Å². The lowest BCUT2D eigenvalue weighted by Crippen LogP contribution is -2.54. The molecular formula is C17H23N5O2S. The third kappa shape index (κ3) is 3.67. The summed E-state index contributed by atoms with van der Waals surface area (Å²) in [5.74, 6) is 0.681. The summed E-state index contributed by atoms with van der Waals surface area (Å²) in [5, 5.41) is 8.52. The Morgan fingerprint density at radius 2 is 2.16 bits per heavy atom. The van der Waals surface area contributed by atoms with Crippen LogP contribution >= 0.6 is 0 Å². The molecule has 2 saturated carbocycles. The van der Waals surface area contributed by atoms with Crippen molar-refractivity contribution in [2.75, 3.05) is 11.9 Å². The van der Waals surface area contributed by atoms with E-state index in [1.807, 2.05) is 7.05 Å². The minimum absolute atomic E-state index is 0.0485. The number of nitriles is 1. The number of hydrogen-bond donors (Lipinski definition) is 1. The number of sulfonamides is 1. The number of nitrogens with one attached hydrogen (secondary N) is 1. The average Bonchev–Trinajstić information content (AvgIpc) is 3.07. The summed E-state index contributed by atoms with van der Waals surface area (Å²) in [5.41, 5.74) is 0.863. The summed E-state index contributed by atoms with van der Waals surface area (Å²) in [7, 11) is -1.39. The SMILES string of the molecule is C=Cc1cncnc1N(C)[C@H]1C[C@@H](NS(=O)(=O)[C@@H]2CC[C@@H](C#N)C2)C1. The first-order chi connectivity index (χ1) is 11.9. The van der Waals surface area contributed by atoms with Gasteiger partial charge in [-0.05, 0) is 32.1 Å². The van der Waals surface area contributed by atoms with Crippen molar-refractivity contribution in [3.63, 3.8) is 0 Å². The molecule has 1 N–H and O–H groups in total. The highest BCUT2D eigenvalue weighted by molar-refractivity contribution is 7.90. The molecule has 0 aromatic carbocycles. The highest BCUT2D eigenvalue weighted by Gasteiger charge is 2.40. The largest absolute Gasteiger partial charge is 0.356 e. The second kappa shape index (κ2) is 7.10. The normalized spacial score (nSPS) is 28.8. The maximum Gasteiger partial charge on any atom is 0.214 e. The van der Waals surface area contributed by atoms with Crippen LogP contribution in [0.3, 0.4) is 0 Å². The van der Waals surface area contributed by atoms with Crippen LogP contribution in [0.15, 0.2) is 19.1 Å². The van der Waals surface area contributed by atoms with Crippen LogP contribution in [0.2, 0.25) is 0 Å². The van der Waals surface area contributed by atoms with E-state index in [1.165, 1.54) is 6.33 Å². The second-order valence-electron chi connectivity index (χ2n) is 6.86. The van der Waals surface area contributed by atoms with Crippen molar-refractivity contribution >= 4 is 21.9 Å². The Hall–Kier alpha value is -1.98. The van der Waals surface area contributed by atoms with Gasteiger partial charge in [-0.3, -0.25) is 0 Å². The highest BCUT2D eigenvalue weighted by Crippen LogP contribution is 2.33. The molecule has 8 heteroatoms. The van der Waals surface area contributed by atoms with Crippen molar-refractivity contribution in [1.29, 1.82) is 5.26 Å². The molecule has 0 unspecified atom stereocenters. The predicted octanol–water partition coefficient (Wildman–Crippen LogP) is 1.70. The maximum atomic E-state index is 12.5. The molecule has 0 radical (unpaired) electrons. The lowest BCUT2D eigenvalue weighted by molar-refractivity contribution is 0.315. The molecule has 1 aromatic heterocycles. The molecule has 0 bridgehead atoms. The van der Waals surface area contributed by atoms with E-state index in [9.17, 15) is 8.42 Å². The van der Waals surface area contributed by atoms with E-state index in [2.05, 4.69) is 32.2 Å². The average molecular weight is 361 g/mol. The van der Waals surface area contributed by atoms with Gasteiger partial charge in [0, 0.05) is 36.8 Å². The lowest BCUT2D eigenvalue weighted by Gasteiger charge is -2.42. The third-order valence-electron chi connectivity index (χ3n) is 5.27. The first-order valence-electron chi connectivity index (χ1n) is 8.50. The smallest absolute Gasteiger partial charge is 0.214 e. The summed E-state index contributed by atoms with van der Waals surface area (Å²) in [6, 6.07) is 2.36. The fraction of sp³-hybridized carbons (Fsp3) is 0.588. The molecule has 25 heavy (non-hydrogen) atoms. The summed E-state index contributed by atoms with van der Waals surface area (Å²) in [6.07, 6.45) is 8.13. The fourth-order valence-corrected chi connectivity index (χ4v) is 5.40. The molecule has 7 nitrogen and oxygen atoms in total. The topological polar surface area (TPSA) is 99.0 Å². The first-order valence-corrected chi connectivity index (χ1v) is 10.0. The van der Waals surface area contributed by atoms with Gasteiger partial charge in [-0.15, -0.1) is 0 Å². The summed E-state index contributed by atoms with van der Waals surface area (Å²) < 4.78 is 27.8. The quantitative estimate of drug-likeness (QED) is 0.828. The zero-order valence-electron chi connectivity index (χ0n) is 14.3. The van der Waals surface area contributed by atoms with E-state index in [0.717, 1.165) is 24.2 Å². The fourth-order valence-electron chi connectivity index (χ4n) is 3.61. The van der Waals surface area contributed by atoms with Gasteiger partial charge < -0.3 is 4.90 Å². The van der Waals surface area contributed by atoms with Gasteiger partial charge in [0.05, 0.1) is 11.3 Å². The number of hydrogen-bond acceptors (Lipinski definition) is 6. The third-order valence-corrected chi connectivity index (χ3v) is 7.24. The predicted molar refractivity (Wildman–Crippen MR) is 96.1 cm³/mol. The molecule has 1 heterocycles. The minimum atomic E-state index is -3.35. The van der Waals surface area contributed by atoms with Crippen LogP contribution in [0.5, 0.6) is 0 Å². The van der Waals surface area contributed by atoms with Gasteiger partial charge in [-0.25, -0.2) is 23.1 Å². The molecule has 3 rings (SSSR count). The molecule has 0 amide bonds. The highest BCUT2D eigenvalue weighted by atomic mass is 32.2. The van der Waals surface area contributed by atoms with Crippen LogP contribution in [-0.4, -0.2) is 42.8 Å². The van der Waals surface area contributed by atoms with Crippen molar-refractivity contribution < 1.29 is 8.42 Å². The Morgan fingerprint density at radius 3 is 2.80 bits per heavy atom. The van der Waals surface area contributed by atoms with E-state index >= 15 is 0 Å². The maximum absolute atomic E-state index is 12.5. The first kappa shape index (κ1) is 17.8. The Morgan fingerprint density at radius 1 is 1.40 bits per heavy atom. The molecular weight excluding hydrogens is 338 g/mol. The molecule has 2 fully saturated rings. The van der Waals surface area contributed by atoms with Crippen LogP contribution in [-0.2, 0) is 10.0 Å². The molecule has 0 saturated heterocycles. The standard InChI is InChI=1S/C17H23N5O2S/c1-3-13-10-19-11-20-17(13)22(2)15-7-14(8-15)21-25(23,24)16-5-4-12(6-16)9-18/h3,10-12,14-16,21H,1,4-8H2,2H3/t12-,14-,15+,16-/m1/s1. The number of rotatable bonds is 6. The Kier molecular flexibility index (Phi) is 5.06. The van der Waals surface area contributed by atoms with Crippen molar-refractivity contribution in [1.82, 2.24) is 14.7 Å². The molecule has 2 atom stereocenters. The summed E-state index contributed by atoms with van der Waals surface area (Å²) >= 11 is 0. The Balaban J connectivity index is 1.56. The molecule has 2 aliphatic carbocycles. The number of anilines is 1. The van der Waals surface area contributed by atoms with Crippen LogP contribution in [0.25, 0.3) is 6.08 Å². The number of aromatic nitrogens is 2. The Labute approximate surface area is 148 Å². The molecule has 1 aromatic rings. The van der Waals surface area contributed by atoms with Crippen molar-refractivity contribution in [3.8, 4) is 6.07 Å².